The van der Waals surface area contributed by atoms with Crippen LogP contribution in [0.4, 0.5) is 5.69 Å². The molecule has 8 aromatic rings. The van der Waals surface area contributed by atoms with Crippen molar-refractivity contribution in [3.8, 4) is 17.6 Å². The van der Waals surface area contributed by atoms with Crippen molar-refractivity contribution in [2.24, 2.45) is 5.41 Å². The first kappa shape index (κ1) is 52.7. The highest BCUT2D eigenvalue weighted by Crippen LogP contribution is 2.32. The van der Waals surface area contributed by atoms with Crippen LogP contribution in [0.2, 0.25) is 20.1 Å². The topological polar surface area (TPSA) is 42.8 Å². The van der Waals surface area contributed by atoms with Gasteiger partial charge in [-0.2, -0.15) is 0 Å². The van der Waals surface area contributed by atoms with Gasteiger partial charge in [-0.1, -0.05) is 161 Å². The first-order valence-corrected chi connectivity index (χ1v) is 24.3. The normalized spacial score (nSPS) is 11.6. The lowest BCUT2D eigenvalue weighted by Gasteiger charge is -2.21. The van der Waals surface area contributed by atoms with Crippen molar-refractivity contribution >= 4 is 91.0 Å². The molecule has 0 aliphatic carbocycles. The second-order valence-electron chi connectivity index (χ2n) is 17.5. The van der Waals surface area contributed by atoms with Crippen LogP contribution in [0.1, 0.15) is 49.1 Å². The number of nitrogens with zero attached hydrogens (tertiary/aromatic N) is 4. The first-order chi connectivity index (χ1) is 33.1. The number of thiocarbonyl (C=S) groups is 1. The summed E-state index contributed by atoms with van der Waals surface area (Å²) in [5, 5.41) is 7.69. The van der Waals surface area contributed by atoms with Gasteiger partial charge >= 0.3 is 0 Å². The maximum atomic E-state index is 6.37. The van der Waals surface area contributed by atoms with Gasteiger partial charge in [0.1, 0.15) is 11.9 Å². The summed E-state index contributed by atoms with van der Waals surface area (Å²) in [6.45, 7) is 11.2. The number of aryl methyl sites for hydroxylation is 1. The number of likely N-dealkylation sites (N-methyl/N-ethyl adjacent to an activating group) is 1. The number of fused-ring (bicyclic) bond motifs is 2. The fourth-order valence-electron chi connectivity index (χ4n) is 7.10. The number of ether oxygens (including phenoxy) is 2. The van der Waals surface area contributed by atoms with Gasteiger partial charge in [0.05, 0.1) is 19.5 Å². The van der Waals surface area contributed by atoms with E-state index in [4.69, 9.17) is 68.1 Å². The third kappa shape index (κ3) is 16.8. The molecule has 0 amide bonds. The van der Waals surface area contributed by atoms with E-state index in [1.807, 2.05) is 83.4 Å². The van der Waals surface area contributed by atoms with Gasteiger partial charge in [-0.25, -0.2) is 4.98 Å². The molecule has 354 valence electrons. The van der Waals surface area contributed by atoms with Gasteiger partial charge in [0.25, 0.3) is 5.17 Å². The maximum absolute atomic E-state index is 6.37. The highest BCUT2D eigenvalue weighted by atomic mass is 35.5. The lowest BCUT2D eigenvalue weighted by atomic mass is 9.98. The minimum absolute atomic E-state index is 0.0686. The average molecular weight is 1010 g/mol. The van der Waals surface area contributed by atoms with Crippen molar-refractivity contribution in [2.75, 3.05) is 25.5 Å². The Kier molecular flexibility index (Phi) is 19.7. The van der Waals surface area contributed by atoms with Gasteiger partial charge in [-0.3, -0.25) is 4.90 Å². The number of rotatable bonds is 12. The van der Waals surface area contributed by atoms with Crippen LogP contribution in [-0.2, 0) is 24.4 Å². The standard InChI is InChI=1S/C21H25N.C19H17NOS.C18H14Cl4N2O/c1-21(2,3)15-8-5-9-16-22(4)17-19-13-10-12-18-11-6-7-14-20(18)19;1-14-6-5-9-17(12-14)20(2)19(22)21-18-11-10-15-7-3-4-8-16(15)13-18;19-13-2-1-12(16(21)7-13)10-25-18(9-24-6-5-23-11-24)15-4-3-14(20)8-17(15)22/h5-7,9-14H,16-17H2,1-4H3;3-13H,1-2H3;1-8,11,18H,9-10H2/b9-5+;;. The zero-order valence-corrected chi connectivity index (χ0v) is 43.5. The van der Waals surface area contributed by atoms with Crippen molar-refractivity contribution in [2.45, 2.75) is 53.5 Å². The molecule has 0 bridgehead atoms. The van der Waals surface area contributed by atoms with Gasteiger partial charge in [0.2, 0.25) is 0 Å². The predicted octanol–water partition coefficient (Wildman–Crippen LogP) is 16.3. The Morgan fingerprint density at radius 1 is 0.754 bits per heavy atom. The Balaban J connectivity index is 0.000000171. The molecule has 1 heterocycles. The van der Waals surface area contributed by atoms with Crippen LogP contribution in [0.15, 0.2) is 176 Å². The van der Waals surface area contributed by atoms with E-state index >= 15 is 0 Å². The molecule has 0 fully saturated rings. The molecule has 7 aromatic carbocycles. The van der Waals surface area contributed by atoms with Crippen LogP contribution < -0.4 is 9.64 Å². The number of aromatic nitrogens is 2. The number of hydrogen-bond donors (Lipinski definition) is 0. The van der Waals surface area contributed by atoms with Gasteiger partial charge in [0.15, 0.2) is 0 Å². The molecule has 6 nitrogen and oxygen atoms in total. The van der Waals surface area contributed by atoms with Crippen LogP contribution in [0.3, 0.4) is 0 Å². The Bertz CT molecular complexity index is 3040. The summed E-state index contributed by atoms with van der Waals surface area (Å²) in [6, 6.07) is 48.1. The molecular weight excluding hydrogens is 959 g/mol. The van der Waals surface area contributed by atoms with E-state index in [1.54, 1.807) is 36.8 Å². The molecule has 0 N–H and O–H groups in total. The summed E-state index contributed by atoms with van der Waals surface area (Å²) >= 11 is 29.9. The second-order valence-corrected chi connectivity index (χ2v) is 19.5. The molecule has 0 saturated heterocycles. The lowest BCUT2D eigenvalue weighted by molar-refractivity contribution is 0.0281. The molecule has 0 aliphatic rings. The number of halogens is 4. The summed E-state index contributed by atoms with van der Waals surface area (Å²) < 4.78 is 13.9. The predicted molar refractivity (Wildman–Crippen MR) is 296 cm³/mol. The SMILES string of the molecule is CN(C/C=C/C#CC(C)(C)C)Cc1cccc2ccccc12.Cc1cccc(N(C)C(=S)Oc2ccc3ccccc3c2)c1.Clc1ccc(COC(Cn2ccnc2)c2ccc(Cl)cc2Cl)c(Cl)c1. The molecular formula is C58H56Cl4N4O2S. The molecule has 0 aliphatic heterocycles. The fourth-order valence-corrected chi connectivity index (χ4v) is 8.29. The molecule has 1 unspecified atom stereocenters. The van der Waals surface area contributed by atoms with Crippen LogP contribution in [0, 0.1) is 24.2 Å². The Hall–Kier alpha value is -5.66. The highest BCUT2D eigenvalue weighted by molar-refractivity contribution is 7.80. The molecule has 0 saturated carbocycles. The van der Waals surface area contributed by atoms with E-state index in [1.165, 1.54) is 27.3 Å². The van der Waals surface area contributed by atoms with Crippen molar-refractivity contribution < 1.29 is 9.47 Å². The van der Waals surface area contributed by atoms with Crippen LogP contribution in [0.5, 0.6) is 5.75 Å². The third-order valence-corrected chi connectivity index (χ3v) is 12.2. The largest absolute Gasteiger partial charge is 0.432 e. The number of anilines is 1. The van der Waals surface area contributed by atoms with E-state index in [-0.39, 0.29) is 11.5 Å². The zero-order chi connectivity index (χ0) is 49.3. The molecule has 69 heavy (non-hydrogen) atoms. The van der Waals surface area contributed by atoms with Gasteiger partial charge < -0.3 is 18.9 Å². The molecule has 8 rings (SSSR count). The van der Waals surface area contributed by atoms with E-state index in [2.05, 4.69) is 129 Å². The fraction of sp³-hybridized carbons (Fsp3) is 0.207. The van der Waals surface area contributed by atoms with Crippen molar-refractivity contribution in [1.29, 1.82) is 0 Å². The summed E-state index contributed by atoms with van der Waals surface area (Å²) in [5.74, 6) is 7.08. The molecule has 11 heteroatoms. The molecule has 0 radical (unpaired) electrons. The van der Waals surface area contributed by atoms with E-state index in [0.29, 0.717) is 38.4 Å². The minimum atomic E-state index is -0.286. The highest BCUT2D eigenvalue weighted by Gasteiger charge is 2.18. The number of allylic oxidation sites excluding steroid dienone is 1. The van der Waals surface area contributed by atoms with Gasteiger partial charge in [0, 0.05) is 69.3 Å². The quantitative estimate of drug-likeness (QED) is 0.0897. The molecule has 1 aromatic heterocycles. The number of benzene rings is 7. The monoisotopic (exact) mass is 1010 g/mol. The average Bonchev–Trinajstić information content (AvgIpc) is 3.84. The minimum Gasteiger partial charge on any atom is -0.432 e. The smallest absolute Gasteiger partial charge is 0.269 e. The Morgan fingerprint density at radius 3 is 2.16 bits per heavy atom. The Morgan fingerprint density at radius 2 is 1.45 bits per heavy atom. The summed E-state index contributed by atoms with van der Waals surface area (Å²) in [7, 11) is 4.06. The van der Waals surface area contributed by atoms with Gasteiger partial charge in [-0.05, 0) is 140 Å². The number of imidazole rings is 1. The van der Waals surface area contributed by atoms with Gasteiger partial charge in [-0.15, -0.1) is 0 Å². The zero-order valence-electron chi connectivity index (χ0n) is 39.7. The van der Waals surface area contributed by atoms with E-state index < -0.39 is 0 Å². The van der Waals surface area contributed by atoms with Crippen LogP contribution in [-0.4, -0.2) is 40.3 Å². The van der Waals surface area contributed by atoms with Crippen LogP contribution in [0.25, 0.3) is 21.5 Å². The van der Waals surface area contributed by atoms with Crippen molar-refractivity contribution in [3.63, 3.8) is 0 Å². The Labute approximate surface area is 433 Å². The first-order valence-electron chi connectivity index (χ1n) is 22.4. The molecule has 0 spiro atoms. The maximum Gasteiger partial charge on any atom is 0.269 e. The van der Waals surface area contributed by atoms with E-state index in [0.717, 1.165) is 41.0 Å². The van der Waals surface area contributed by atoms with E-state index in [9.17, 15) is 0 Å². The summed E-state index contributed by atoms with van der Waals surface area (Å²) in [5.41, 5.74) is 5.36. The van der Waals surface area contributed by atoms with Crippen molar-refractivity contribution in [3.05, 3.63) is 219 Å². The summed E-state index contributed by atoms with van der Waals surface area (Å²) in [6.07, 6.45) is 9.13. The van der Waals surface area contributed by atoms with Crippen molar-refractivity contribution in [1.82, 2.24) is 14.5 Å². The third-order valence-electron chi connectivity index (χ3n) is 10.7. The number of hydrogen-bond acceptors (Lipinski definition) is 5. The lowest BCUT2D eigenvalue weighted by Crippen LogP contribution is -2.29. The van der Waals surface area contributed by atoms with Crippen LogP contribution >= 0.6 is 58.6 Å². The second kappa shape index (κ2) is 25.8. The molecule has 1 atom stereocenters. The summed E-state index contributed by atoms with van der Waals surface area (Å²) in [4.78, 5) is 8.24.